The van der Waals surface area contributed by atoms with Crippen LogP contribution in [0, 0.1) is 13.8 Å². The van der Waals surface area contributed by atoms with E-state index in [4.69, 9.17) is 5.84 Å². The van der Waals surface area contributed by atoms with Gasteiger partial charge >= 0.3 is 0 Å². The zero-order valence-corrected chi connectivity index (χ0v) is 14.0. The lowest BCUT2D eigenvalue weighted by molar-refractivity contribution is 0.630. The molecule has 2 aromatic rings. The number of nitrogens with one attached hydrogen (secondary N) is 1. The van der Waals surface area contributed by atoms with Gasteiger partial charge < -0.3 is 0 Å². The van der Waals surface area contributed by atoms with E-state index in [1.165, 1.54) is 16.7 Å². The fourth-order valence-corrected chi connectivity index (χ4v) is 3.02. The molecule has 19 heavy (non-hydrogen) atoms. The molecule has 0 aliphatic heterocycles. The number of hydrogen-bond donors (Lipinski definition) is 2. The van der Waals surface area contributed by atoms with Gasteiger partial charge in [0, 0.05) is 8.95 Å². The minimum atomic E-state index is -0.0354. The van der Waals surface area contributed by atoms with E-state index in [2.05, 4.69) is 75.4 Å². The van der Waals surface area contributed by atoms with Crippen LogP contribution in [-0.2, 0) is 0 Å². The first-order chi connectivity index (χ1) is 9.04. The summed E-state index contributed by atoms with van der Waals surface area (Å²) in [6.45, 7) is 4.24. The Labute approximate surface area is 130 Å². The Hall–Kier alpha value is -0.680. The lowest BCUT2D eigenvalue weighted by Gasteiger charge is -2.21. The van der Waals surface area contributed by atoms with Gasteiger partial charge in [-0.3, -0.25) is 5.84 Å². The van der Waals surface area contributed by atoms with Crippen molar-refractivity contribution in [2.24, 2.45) is 5.84 Å². The van der Waals surface area contributed by atoms with Crippen molar-refractivity contribution >= 4 is 31.9 Å². The molecule has 0 heterocycles. The highest BCUT2D eigenvalue weighted by atomic mass is 79.9. The molecule has 0 fully saturated rings. The molecule has 0 aromatic heterocycles. The molecule has 2 aromatic carbocycles. The van der Waals surface area contributed by atoms with Crippen LogP contribution in [0.25, 0.3) is 0 Å². The van der Waals surface area contributed by atoms with Crippen LogP contribution in [-0.4, -0.2) is 0 Å². The lowest BCUT2D eigenvalue weighted by Crippen LogP contribution is -2.29. The van der Waals surface area contributed by atoms with Crippen LogP contribution >= 0.6 is 31.9 Å². The molecule has 4 heteroatoms. The average Bonchev–Trinajstić information content (AvgIpc) is 2.39. The molecule has 2 rings (SSSR count). The van der Waals surface area contributed by atoms with Gasteiger partial charge in [-0.1, -0.05) is 50.1 Å². The van der Waals surface area contributed by atoms with Crippen molar-refractivity contribution in [2.45, 2.75) is 19.9 Å². The van der Waals surface area contributed by atoms with Crippen LogP contribution in [0.1, 0.15) is 28.3 Å². The van der Waals surface area contributed by atoms with Gasteiger partial charge in [0.15, 0.2) is 0 Å². The Kier molecular flexibility index (Phi) is 4.79. The Morgan fingerprint density at radius 3 is 2.47 bits per heavy atom. The first-order valence-electron chi connectivity index (χ1n) is 6.01. The highest BCUT2D eigenvalue weighted by Crippen LogP contribution is 2.32. The molecule has 1 atom stereocenters. The van der Waals surface area contributed by atoms with Gasteiger partial charge in [-0.25, -0.2) is 5.43 Å². The van der Waals surface area contributed by atoms with Crippen LogP contribution in [0.4, 0.5) is 0 Å². The minimum Gasteiger partial charge on any atom is -0.271 e. The van der Waals surface area contributed by atoms with Crippen molar-refractivity contribution < 1.29 is 0 Å². The molecule has 0 radical (unpaired) electrons. The molecular formula is C15H16Br2N2. The van der Waals surface area contributed by atoms with Gasteiger partial charge in [-0.2, -0.15) is 0 Å². The summed E-state index contributed by atoms with van der Waals surface area (Å²) in [6.07, 6.45) is 0. The third-order valence-electron chi connectivity index (χ3n) is 3.39. The van der Waals surface area contributed by atoms with Crippen molar-refractivity contribution in [2.75, 3.05) is 0 Å². The number of hydrazine groups is 1. The SMILES string of the molecule is Cc1cccc(C(NN)c2cc(Br)ccc2Br)c1C. The van der Waals surface area contributed by atoms with Crippen molar-refractivity contribution in [1.82, 2.24) is 5.43 Å². The van der Waals surface area contributed by atoms with Gasteiger partial charge in [0.05, 0.1) is 6.04 Å². The largest absolute Gasteiger partial charge is 0.271 e. The molecular weight excluding hydrogens is 368 g/mol. The second-order valence-corrected chi connectivity index (χ2v) is 6.32. The maximum Gasteiger partial charge on any atom is 0.0724 e. The molecule has 0 saturated heterocycles. The van der Waals surface area contributed by atoms with Gasteiger partial charge in [0.1, 0.15) is 0 Å². The van der Waals surface area contributed by atoms with Crippen molar-refractivity contribution in [1.29, 1.82) is 0 Å². The normalized spacial score (nSPS) is 12.5. The zero-order valence-electron chi connectivity index (χ0n) is 10.9. The monoisotopic (exact) mass is 382 g/mol. The quantitative estimate of drug-likeness (QED) is 0.609. The van der Waals surface area contributed by atoms with Crippen LogP contribution in [0.15, 0.2) is 45.3 Å². The highest BCUT2D eigenvalue weighted by molar-refractivity contribution is 9.11. The molecule has 0 amide bonds. The Balaban J connectivity index is 2.56. The molecule has 2 nitrogen and oxygen atoms in total. The summed E-state index contributed by atoms with van der Waals surface area (Å²) in [4.78, 5) is 0. The number of benzene rings is 2. The van der Waals surface area contributed by atoms with Crippen LogP contribution in [0.3, 0.4) is 0 Å². The van der Waals surface area contributed by atoms with Crippen molar-refractivity contribution in [3.8, 4) is 0 Å². The number of hydrogen-bond acceptors (Lipinski definition) is 2. The van der Waals surface area contributed by atoms with Gasteiger partial charge in [-0.05, 0) is 54.3 Å². The van der Waals surface area contributed by atoms with E-state index in [0.717, 1.165) is 14.5 Å². The third kappa shape index (κ3) is 3.08. The minimum absolute atomic E-state index is 0.0354. The van der Waals surface area contributed by atoms with Gasteiger partial charge in [0.25, 0.3) is 0 Å². The second-order valence-electron chi connectivity index (χ2n) is 4.55. The fraction of sp³-hybridized carbons (Fsp3) is 0.200. The third-order valence-corrected chi connectivity index (χ3v) is 4.61. The smallest absolute Gasteiger partial charge is 0.0724 e. The number of halogens is 2. The Morgan fingerprint density at radius 1 is 1.05 bits per heavy atom. The van der Waals surface area contributed by atoms with E-state index >= 15 is 0 Å². The average molecular weight is 384 g/mol. The van der Waals surface area contributed by atoms with Crippen LogP contribution in [0.2, 0.25) is 0 Å². The number of nitrogens with two attached hydrogens (primary N) is 1. The zero-order chi connectivity index (χ0) is 14.0. The summed E-state index contributed by atoms with van der Waals surface area (Å²) in [5.74, 6) is 5.79. The number of aryl methyl sites for hydroxylation is 1. The van der Waals surface area contributed by atoms with Crippen molar-refractivity contribution in [3.05, 3.63) is 67.6 Å². The maximum absolute atomic E-state index is 5.79. The Morgan fingerprint density at radius 2 is 1.79 bits per heavy atom. The molecule has 0 aliphatic carbocycles. The highest BCUT2D eigenvalue weighted by Gasteiger charge is 2.18. The standard InChI is InChI=1S/C15H16Br2N2/c1-9-4-3-5-12(10(9)2)15(19-18)13-8-11(16)6-7-14(13)17/h3-8,15,19H,18H2,1-2H3. The molecule has 1 unspecified atom stereocenters. The van der Waals surface area contributed by atoms with Gasteiger partial charge in [0.2, 0.25) is 0 Å². The topological polar surface area (TPSA) is 38.0 Å². The van der Waals surface area contributed by atoms with Crippen molar-refractivity contribution in [3.63, 3.8) is 0 Å². The first kappa shape index (κ1) is 14.7. The second kappa shape index (κ2) is 6.18. The van der Waals surface area contributed by atoms with E-state index in [1.807, 2.05) is 12.1 Å². The van der Waals surface area contributed by atoms with E-state index in [-0.39, 0.29) is 6.04 Å². The molecule has 0 aliphatic rings. The summed E-state index contributed by atoms with van der Waals surface area (Å²) in [7, 11) is 0. The van der Waals surface area contributed by atoms with E-state index in [0.29, 0.717) is 0 Å². The molecule has 3 N–H and O–H groups in total. The molecule has 0 saturated carbocycles. The van der Waals surface area contributed by atoms with Gasteiger partial charge in [-0.15, -0.1) is 0 Å². The molecule has 0 bridgehead atoms. The molecule has 0 spiro atoms. The van der Waals surface area contributed by atoms with E-state index in [1.54, 1.807) is 0 Å². The maximum atomic E-state index is 5.79. The van der Waals surface area contributed by atoms with E-state index < -0.39 is 0 Å². The predicted molar refractivity (Wildman–Crippen MR) is 86.9 cm³/mol. The summed E-state index contributed by atoms with van der Waals surface area (Å²) >= 11 is 7.11. The molecule has 100 valence electrons. The number of rotatable bonds is 3. The summed E-state index contributed by atoms with van der Waals surface area (Å²) < 4.78 is 2.08. The fourth-order valence-electron chi connectivity index (χ4n) is 2.17. The lowest BCUT2D eigenvalue weighted by atomic mass is 9.93. The first-order valence-corrected chi connectivity index (χ1v) is 7.60. The Bertz CT molecular complexity index is 595. The summed E-state index contributed by atoms with van der Waals surface area (Å²) in [5.41, 5.74) is 7.76. The summed E-state index contributed by atoms with van der Waals surface area (Å²) in [6, 6.07) is 12.4. The van der Waals surface area contributed by atoms with Crippen LogP contribution < -0.4 is 11.3 Å². The van der Waals surface area contributed by atoms with E-state index in [9.17, 15) is 0 Å². The van der Waals surface area contributed by atoms with Crippen LogP contribution in [0.5, 0.6) is 0 Å². The summed E-state index contributed by atoms with van der Waals surface area (Å²) in [5, 5.41) is 0. The predicted octanol–water partition coefficient (Wildman–Crippen LogP) is 4.38.